The second-order valence-corrected chi connectivity index (χ2v) is 8.04. The average Bonchev–Trinajstić information content (AvgIpc) is 2.84. The van der Waals surface area contributed by atoms with Crippen molar-refractivity contribution in [3.05, 3.63) is 68.5 Å². The van der Waals surface area contributed by atoms with Gasteiger partial charge in [-0.15, -0.1) is 11.8 Å². The Morgan fingerprint density at radius 1 is 1.04 bits per heavy atom. The monoisotopic (exact) mass is 431 g/mol. The zero-order valence-electron chi connectivity index (χ0n) is 14.5. The molecular weight excluding hydrogens is 414 g/mol. The molecule has 0 saturated heterocycles. The van der Waals surface area contributed by atoms with E-state index in [9.17, 15) is 14.7 Å². The maximum Gasteiger partial charge on any atom is 0.272 e. The van der Waals surface area contributed by atoms with E-state index in [4.69, 9.17) is 0 Å². The molecule has 1 aliphatic heterocycles. The van der Waals surface area contributed by atoms with Crippen molar-refractivity contribution >= 4 is 50.8 Å². The second kappa shape index (κ2) is 7.78. The van der Waals surface area contributed by atoms with Crippen LogP contribution in [-0.2, 0) is 9.59 Å². The van der Waals surface area contributed by atoms with Crippen molar-refractivity contribution in [3.8, 4) is 0 Å². The summed E-state index contributed by atoms with van der Waals surface area (Å²) in [5.74, 6) is -0.313. The number of rotatable bonds is 5. The summed E-state index contributed by atoms with van der Waals surface area (Å²) in [5, 5.41) is 9.18. The summed E-state index contributed by atoms with van der Waals surface area (Å²) in [6, 6.07) is 12.9. The van der Waals surface area contributed by atoms with E-state index >= 15 is 0 Å². The van der Waals surface area contributed by atoms with Gasteiger partial charge in [0.1, 0.15) is 0 Å². The highest BCUT2D eigenvalue weighted by Crippen LogP contribution is 2.39. The van der Waals surface area contributed by atoms with E-state index in [1.807, 2.05) is 32.0 Å². The van der Waals surface area contributed by atoms with E-state index in [-0.39, 0.29) is 18.4 Å². The second-order valence-electron chi connectivity index (χ2n) is 6.02. The Bertz CT molecular complexity index is 906. The van der Waals surface area contributed by atoms with Crippen LogP contribution in [0.3, 0.4) is 0 Å². The zero-order chi connectivity index (χ0) is 18.8. The molecule has 0 radical (unpaired) electrons. The fourth-order valence-electron chi connectivity index (χ4n) is 2.95. The van der Waals surface area contributed by atoms with E-state index in [0.29, 0.717) is 21.9 Å². The van der Waals surface area contributed by atoms with Crippen LogP contribution in [-0.4, -0.2) is 29.3 Å². The van der Waals surface area contributed by atoms with Gasteiger partial charge in [0.2, 0.25) is 0 Å². The Morgan fingerprint density at radius 2 is 1.73 bits per heavy atom. The van der Waals surface area contributed by atoms with Crippen LogP contribution < -0.4 is 4.90 Å². The summed E-state index contributed by atoms with van der Waals surface area (Å²) in [5.41, 5.74) is 3.74. The van der Waals surface area contributed by atoms with Gasteiger partial charge in [-0.25, -0.2) is 4.90 Å². The number of amides is 2. The molecule has 26 heavy (non-hydrogen) atoms. The fraction of sp³-hybridized carbons (Fsp3) is 0.200. The molecule has 0 aromatic heterocycles. The highest BCUT2D eigenvalue weighted by atomic mass is 79.9. The van der Waals surface area contributed by atoms with Crippen molar-refractivity contribution in [2.75, 3.05) is 17.3 Å². The number of hydrogen-bond donors (Lipinski definition) is 1. The maximum atomic E-state index is 13.2. The number of halogens is 1. The van der Waals surface area contributed by atoms with E-state index in [1.165, 1.54) is 16.7 Å². The SMILES string of the molecule is Cc1ccc(C2=C(SCCO)C(=O)N(c3ccc(Br)cc3)C2=O)c(C)c1. The van der Waals surface area contributed by atoms with Crippen LogP contribution in [0.5, 0.6) is 0 Å². The van der Waals surface area contributed by atoms with E-state index < -0.39 is 0 Å². The number of aliphatic hydroxyl groups is 1. The molecule has 1 N–H and O–H groups in total. The number of nitrogens with zero attached hydrogens (tertiary/aromatic N) is 1. The van der Waals surface area contributed by atoms with Gasteiger partial charge in [0.15, 0.2) is 0 Å². The molecule has 1 aliphatic rings. The van der Waals surface area contributed by atoms with E-state index in [1.54, 1.807) is 24.3 Å². The standard InChI is InChI=1S/C20H18BrNO3S/c1-12-3-8-16(13(2)11-12)17-18(26-10-9-23)20(25)22(19(17)24)15-6-4-14(21)5-7-15/h3-8,11,23H,9-10H2,1-2H3. The molecule has 6 heteroatoms. The number of thioether (sulfide) groups is 1. The number of carbonyl (C=O) groups excluding carboxylic acids is 2. The van der Waals surface area contributed by atoms with Crippen molar-refractivity contribution < 1.29 is 14.7 Å². The minimum absolute atomic E-state index is 0.0614. The summed E-state index contributed by atoms with van der Waals surface area (Å²) >= 11 is 4.59. The predicted molar refractivity (Wildman–Crippen MR) is 109 cm³/mol. The topological polar surface area (TPSA) is 57.6 Å². The average molecular weight is 432 g/mol. The molecule has 134 valence electrons. The molecule has 0 spiro atoms. The first-order valence-corrected chi connectivity index (χ1v) is 9.92. The van der Waals surface area contributed by atoms with Gasteiger partial charge in [-0.05, 0) is 49.2 Å². The van der Waals surface area contributed by atoms with Gasteiger partial charge in [0.25, 0.3) is 11.8 Å². The van der Waals surface area contributed by atoms with Crippen molar-refractivity contribution in [2.24, 2.45) is 0 Å². The van der Waals surface area contributed by atoms with Gasteiger partial charge in [0, 0.05) is 10.2 Å². The third kappa shape index (κ3) is 3.49. The number of benzene rings is 2. The number of anilines is 1. The number of aliphatic hydroxyl groups excluding tert-OH is 1. The van der Waals surface area contributed by atoms with Crippen LogP contribution in [0, 0.1) is 13.8 Å². The molecule has 4 nitrogen and oxygen atoms in total. The first-order valence-electron chi connectivity index (χ1n) is 8.14. The lowest BCUT2D eigenvalue weighted by Crippen LogP contribution is -2.31. The molecule has 0 unspecified atom stereocenters. The molecule has 0 aliphatic carbocycles. The number of carbonyl (C=O) groups is 2. The smallest absolute Gasteiger partial charge is 0.272 e. The number of hydrogen-bond acceptors (Lipinski definition) is 4. The summed E-state index contributed by atoms with van der Waals surface area (Å²) in [6.07, 6.45) is 0. The molecule has 0 saturated carbocycles. The van der Waals surface area contributed by atoms with E-state index in [0.717, 1.165) is 21.2 Å². The van der Waals surface area contributed by atoms with Crippen LogP contribution in [0.2, 0.25) is 0 Å². The molecule has 3 rings (SSSR count). The molecule has 2 aromatic carbocycles. The molecule has 0 atom stereocenters. The summed E-state index contributed by atoms with van der Waals surface area (Å²) in [6.45, 7) is 3.86. The van der Waals surface area contributed by atoms with Gasteiger partial charge >= 0.3 is 0 Å². The van der Waals surface area contributed by atoms with Crippen molar-refractivity contribution in [3.63, 3.8) is 0 Å². The molecule has 2 aromatic rings. The maximum absolute atomic E-state index is 13.2. The zero-order valence-corrected chi connectivity index (χ0v) is 16.9. The minimum atomic E-state index is -0.342. The predicted octanol–water partition coefficient (Wildman–Crippen LogP) is 4.08. The van der Waals surface area contributed by atoms with Crippen molar-refractivity contribution in [2.45, 2.75) is 13.8 Å². The number of aryl methyl sites for hydroxylation is 2. The van der Waals surface area contributed by atoms with Gasteiger partial charge in [0.05, 0.1) is 22.8 Å². The largest absolute Gasteiger partial charge is 0.396 e. The lowest BCUT2D eigenvalue weighted by Gasteiger charge is -2.15. The van der Waals surface area contributed by atoms with E-state index in [2.05, 4.69) is 15.9 Å². The summed E-state index contributed by atoms with van der Waals surface area (Å²) < 4.78 is 0.873. The van der Waals surface area contributed by atoms with Gasteiger partial charge < -0.3 is 5.11 Å². The van der Waals surface area contributed by atoms with Gasteiger partial charge in [-0.3, -0.25) is 9.59 Å². The Kier molecular flexibility index (Phi) is 5.65. The molecule has 1 heterocycles. The Balaban J connectivity index is 2.10. The summed E-state index contributed by atoms with van der Waals surface area (Å²) in [4.78, 5) is 27.8. The van der Waals surface area contributed by atoms with Crippen LogP contribution >= 0.6 is 27.7 Å². The quantitative estimate of drug-likeness (QED) is 0.724. The van der Waals surface area contributed by atoms with Crippen LogP contribution in [0.25, 0.3) is 5.57 Å². The van der Waals surface area contributed by atoms with Crippen molar-refractivity contribution in [1.29, 1.82) is 0 Å². The summed E-state index contributed by atoms with van der Waals surface area (Å²) in [7, 11) is 0. The van der Waals surface area contributed by atoms with Crippen LogP contribution in [0.15, 0.2) is 51.8 Å². The molecule has 0 bridgehead atoms. The molecule has 2 amide bonds. The van der Waals surface area contributed by atoms with Crippen LogP contribution in [0.1, 0.15) is 16.7 Å². The molecule has 0 fully saturated rings. The number of imide groups is 1. The third-order valence-corrected chi connectivity index (χ3v) is 5.70. The van der Waals surface area contributed by atoms with Crippen LogP contribution in [0.4, 0.5) is 5.69 Å². The van der Waals surface area contributed by atoms with Gasteiger partial charge in [-0.1, -0.05) is 39.7 Å². The first kappa shape index (κ1) is 18.9. The highest BCUT2D eigenvalue weighted by molar-refractivity contribution is 9.10. The normalized spacial score (nSPS) is 14.5. The highest BCUT2D eigenvalue weighted by Gasteiger charge is 2.40. The van der Waals surface area contributed by atoms with Gasteiger partial charge in [-0.2, -0.15) is 0 Å². The lowest BCUT2D eigenvalue weighted by atomic mass is 9.99. The molecular formula is C20H18BrNO3S. The Labute approximate surface area is 165 Å². The lowest BCUT2D eigenvalue weighted by molar-refractivity contribution is -0.119. The fourth-order valence-corrected chi connectivity index (χ4v) is 4.06. The Hall–Kier alpha value is -1.89. The minimum Gasteiger partial charge on any atom is -0.396 e. The van der Waals surface area contributed by atoms with Crippen molar-refractivity contribution in [1.82, 2.24) is 0 Å². The Morgan fingerprint density at radius 3 is 2.35 bits per heavy atom. The first-order chi connectivity index (χ1) is 12.4. The third-order valence-electron chi connectivity index (χ3n) is 4.12.